The highest BCUT2D eigenvalue weighted by Crippen LogP contribution is 2.40. The molecule has 0 fully saturated rings. The Morgan fingerprint density at radius 1 is 0.413 bits per heavy atom. The second-order valence-corrected chi connectivity index (χ2v) is 12.2. The van der Waals surface area contributed by atoms with E-state index in [1.54, 1.807) is 0 Å². The molecule has 0 saturated carbocycles. The fourth-order valence-corrected chi connectivity index (χ4v) is 7.61. The first-order valence-electron chi connectivity index (χ1n) is 15.7. The average Bonchev–Trinajstić information content (AvgIpc) is 3.75. The lowest BCUT2D eigenvalue weighted by atomic mass is 9.99. The van der Waals surface area contributed by atoms with Gasteiger partial charge in [-0.15, -0.1) is 0 Å². The van der Waals surface area contributed by atoms with Gasteiger partial charge in [-0.3, -0.25) is 0 Å². The molecule has 0 aliphatic rings. The van der Waals surface area contributed by atoms with Crippen LogP contribution < -0.4 is 0 Å². The maximum Gasteiger partial charge on any atom is 0.136 e. The summed E-state index contributed by atoms with van der Waals surface area (Å²) in [5.74, 6) is 0. The van der Waals surface area contributed by atoms with Gasteiger partial charge in [-0.25, -0.2) is 0 Å². The van der Waals surface area contributed by atoms with Crippen molar-refractivity contribution in [2.45, 2.75) is 0 Å². The van der Waals surface area contributed by atoms with E-state index in [2.05, 4.69) is 156 Å². The van der Waals surface area contributed by atoms with Crippen LogP contribution in [-0.2, 0) is 7.05 Å². The number of nitrogens with zero attached hydrogens (tertiary/aromatic N) is 2. The number of rotatable bonds is 3. The zero-order chi connectivity index (χ0) is 30.4. The number of aromatic nitrogens is 2. The topological polar surface area (TPSA) is 23.0 Å². The summed E-state index contributed by atoms with van der Waals surface area (Å²) in [4.78, 5) is 0. The van der Waals surface area contributed by atoms with E-state index in [0.29, 0.717) is 0 Å². The monoisotopic (exact) mass is 588 g/mol. The Kier molecular flexibility index (Phi) is 5.20. The van der Waals surface area contributed by atoms with Crippen LogP contribution in [0.1, 0.15) is 0 Å². The molecule has 3 nitrogen and oxygen atoms in total. The minimum absolute atomic E-state index is 0.912. The Morgan fingerprint density at radius 2 is 1.00 bits per heavy atom. The van der Waals surface area contributed by atoms with Crippen molar-refractivity contribution < 1.29 is 4.42 Å². The van der Waals surface area contributed by atoms with Gasteiger partial charge in [-0.2, -0.15) is 0 Å². The van der Waals surface area contributed by atoms with E-state index in [4.69, 9.17) is 4.42 Å². The van der Waals surface area contributed by atoms with Crippen molar-refractivity contribution in [1.29, 1.82) is 0 Å². The van der Waals surface area contributed by atoms with Gasteiger partial charge in [0.05, 0.1) is 11.0 Å². The van der Waals surface area contributed by atoms with Crippen LogP contribution >= 0.6 is 0 Å². The third-order valence-corrected chi connectivity index (χ3v) is 9.74. The maximum atomic E-state index is 6.22. The van der Waals surface area contributed by atoms with Crippen LogP contribution in [0.2, 0.25) is 0 Å². The highest BCUT2D eigenvalue weighted by atomic mass is 16.3. The van der Waals surface area contributed by atoms with E-state index in [0.717, 1.165) is 27.6 Å². The lowest BCUT2D eigenvalue weighted by molar-refractivity contribution is 0.669. The van der Waals surface area contributed by atoms with Crippen molar-refractivity contribution in [1.82, 2.24) is 9.13 Å². The molecular formula is C43H28N2O. The van der Waals surface area contributed by atoms with Crippen LogP contribution in [-0.4, -0.2) is 9.13 Å². The molecule has 0 unspecified atom stereocenters. The highest BCUT2D eigenvalue weighted by molar-refractivity contribution is 6.14. The van der Waals surface area contributed by atoms with E-state index in [1.807, 2.05) is 12.1 Å². The van der Waals surface area contributed by atoms with E-state index in [9.17, 15) is 0 Å². The highest BCUT2D eigenvalue weighted by Gasteiger charge is 2.17. The Balaban J connectivity index is 1.16. The smallest absolute Gasteiger partial charge is 0.136 e. The van der Waals surface area contributed by atoms with Crippen LogP contribution in [0, 0.1) is 0 Å². The number of hydrogen-bond acceptors (Lipinski definition) is 1. The summed E-state index contributed by atoms with van der Waals surface area (Å²) in [6, 6.07) is 54.7. The first-order valence-corrected chi connectivity index (χ1v) is 15.7. The zero-order valence-corrected chi connectivity index (χ0v) is 25.2. The van der Waals surface area contributed by atoms with Gasteiger partial charge in [0.2, 0.25) is 0 Å². The number of furan rings is 1. The van der Waals surface area contributed by atoms with Crippen molar-refractivity contribution in [3.63, 3.8) is 0 Å². The summed E-state index contributed by atoms with van der Waals surface area (Å²) in [6.45, 7) is 0. The number of para-hydroxylation sites is 3. The van der Waals surface area contributed by atoms with Crippen molar-refractivity contribution in [3.8, 4) is 27.9 Å². The third-order valence-electron chi connectivity index (χ3n) is 9.74. The van der Waals surface area contributed by atoms with Gasteiger partial charge in [0.1, 0.15) is 11.2 Å². The summed E-state index contributed by atoms with van der Waals surface area (Å²) in [7, 11) is 2.15. The van der Waals surface area contributed by atoms with Gasteiger partial charge in [-0.05, 0) is 82.9 Å². The number of aryl methyl sites for hydroxylation is 1. The van der Waals surface area contributed by atoms with Crippen molar-refractivity contribution in [2.24, 2.45) is 7.05 Å². The Morgan fingerprint density at radius 3 is 1.83 bits per heavy atom. The zero-order valence-electron chi connectivity index (χ0n) is 25.2. The Hall–Kier alpha value is -6.06. The molecule has 216 valence electrons. The maximum absolute atomic E-state index is 6.22. The molecule has 0 N–H and O–H groups in total. The molecule has 0 bridgehead atoms. The van der Waals surface area contributed by atoms with Crippen LogP contribution in [0.25, 0.3) is 93.5 Å². The van der Waals surface area contributed by atoms with Gasteiger partial charge in [0.15, 0.2) is 0 Å². The van der Waals surface area contributed by atoms with E-state index >= 15 is 0 Å². The molecule has 0 spiro atoms. The first kappa shape index (κ1) is 25.3. The van der Waals surface area contributed by atoms with E-state index in [1.165, 1.54) is 65.9 Å². The molecule has 10 rings (SSSR count). The van der Waals surface area contributed by atoms with Gasteiger partial charge < -0.3 is 13.6 Å². The molecule has 10 aromatic rings. The molecule has 3 heteroatoms. The van der Waals surface area contributed by atoms with Gasteiger partial charge in [0.25, 0.3) is 0 Å². The molecule has 7 aromatic carbocycles. The quantitative estimate of drug-likeness (QED) is 0.201. The lowest BCUT2D eigenvalue weighted by Crippen LogP contribution is -1.94. The second-order valence-electron chi connectivity index (χ2n) is 12.2. The molecule has 46 heavy (non-hydrogen) atoms. The molecular weight excluding hydrogens is 560 g/mol. The minimum Gasteiger partial charge on any atom is -0.456 e. The summed E-state index contributed by atoms with van der Waals surface area (Å²) in [5, 5.41) is 7.38. The molecule has 0 atom stereocenters. The van der Waals surface area contributed by atoms with Crippen LogP contribution in [0.15, 0.2) is 156 Å². The van der Waals surface area contributed by atoms with Gasteiger partial charge >= 0.3 is 0 Å². The van der Waals surface area contributed by atoms with Gasteiger partial charge in [0, 0.05) is 56.1 Å². The standard InChI is InChI=1S/C43H28N2O/c1-44-37-16-5-2-12-32(37)35-25-27(20-22-38(35)44)28-21-23-40-36(26-28)33-13-3-6-17-39(33)45(40)30-11-8-10-29(24-30)31-15-9-19-42-43(31)34-14-4-7-18-41(34)46-42/h2-26H,1H3. The van der Waals surface area contributed by atoms with E-state index < -0.39 is 0 Å². The Bertz CT molecular complexity index is 2830. The normalized spacial score (nSPS) is 12.0. The van der Waals surface area contributed by atoms with Crippen LogP contribution in [0.3, 0.4) is 0 Å². The summed E-state index contributed by atoms with van der Waals surface area (Å²) < 4.78 is 10.9. The molecule has 0 amide bonds. The molecule has 3 heterocycles. The number of hydrogen-bond donors (Lipinski definition) is 0. The van der Waals surface area contributed by atoms with E-state index in [-0.39, 0.29) is 0 Å². The number of benzene rings is 7. The van der Waals surface area contributed by atoms with Crippen molar-refractivity contribution in [3.05, 3.63) is 152 Å². The SMILES string of the molecule is Cn1c2ccccc2c2cc(-c3ccc4c(c3)c3ccccc3n4-c3cccc(-c4cccc5oc6ccccc6c45)c3)ccc21. The molecule has 0 radical (unpaired) electrons. The molecule has 3 aromatic heterocycles. The van der Waals surface area contributed by atoms with Crippen molar-refractivity contribution in [2.75, 3.05) is 0 Å². The summed E-state index contributed by atoms with van der Waals surface area (Å²) in [5.41, 5.74) is 12.7. The lowest BCUT2D eigenvalue weighted by Gasteiger charge is -2.11. The van der Waals surface area contributed by atoms with Crippen LogP contribution in [0.5, 0.6) is 0 Å². The fourth-order valence-electron chi connectivity index (χ4n) is 7.61. The largest absolute Gasteiger partial charge is 0.456 e. The number of fused-ring (bicyclic) bond motifs is 9. The Labute approximate surface area is 265 Å². The summed E-state index contributed by atoms with van der Waals surface area (Å²) >= 11 is 0. The van der Waals surface area contributed by atoms with Gasteiger partial charge in [-0.1, -0.05) is 91.0 Å². The first-order chi connectivity index (χ1) is 22.7. The predicted molar refractivity (Wildman–Crippen MR) is 193 cm³/mol. The minimum atomic E-state index is 0.912. The molecule has 0 saturated heterocycles. The predicted octanol–water partition coefficient (Wildman–Crippen LogP) is 11.7. The van der Waals surface area contributed by atoms with Crippen molar-refractivity contribution >= 4 is 65.6 Å². The molecule has 0 aliphatic carbocycles. The summed E-state index contributed by atoms with van der Waals surface area (Å²) in [6.07, 6.45) is 0. The van der Waals surface area contributed by atoms with Crippen LogP contribution in [0.4, 0.5) is 0 Å². The second kappa shape index (κ2) is 9.47. The average molecular weight is 589 g/mol. The molecule has 0 aliphatic heterocycles. The fraction of sp³-hybridized carbons (Fsp3) is 0.0233. The third kappa shape index (κ3) is 3.54.